The number of nitrogens with zero attached hydrogens (tertiary/aromatic N) is 2. The van der Waals surface area contributed by atoms with Crippen LogP contribution < -0.4 is 10.5 Å². The molecule has 106 valence electrons. The number of hydrogen-bond acceptors (Lipinski definition) is 4. The predicted octanol–water partition coefficient (Wildman–Crippen LogP) is 2.36. The standard InChI is InChI=1S/C15H25N3O/c1-2-14(16)15-7-6-13(12-17-15)19-11-10-18-8-4-3-5-9-18/h6-7,12,14H,2-5,8-11,16H2,1H3/t14-/m0/s1. The van der Waals surface area contributed by atoms with Crippen molar-refractivity contribution in [2.24, 2.45) is 5.73 Å². The lowest BCUT2D eigenvalue weighted by molar-refractivity contribution is 0.183. The van der Waals surface area contributed by atoms with E-state index in [9.17, 15) is 0 Å². The molecular formula is C15H25N3O. The van der Waals surface area contributed by atoms with Crippen LogP contribution in [0.5, 0.6) is 5.75 Å². The molecule has 0 bridgehead atoms. The second-order valence-corrected chi connectivity index (χ2v) is 5.18. The summed E-state index contributed by atoms with van der Waals surface area (Å²) >= 11 is 0. The third-order valence-corrected chi connectivity index (χ3v) is 3.70. The molecule has 2 heterocycles. The molecule has 1 fully saturated rings. The summed E-state index contributed by atoms with van der Waals surface area (Å²) in [5, 5.41) is 0. The Labute approximate surface area is 116 Å². The van der Waals surface area contributed by atoms with Gasteiger partial charge in [0.25, 0.3) is 0 Å². The van der Waals surface area contributed by atoms with Gasteiger partial charge < -0.3 is 10.5 Å². The summed E-state index contributed by atoms with van der Waals surface area (Å²) in [7, 11) is 0. The van der Waals surface area contributed by atoms with Gasteiger partial charge >= 0.3 is 0 Å². The fraction of sp³-hybridized carbons (Fsp3) is 0.667. The van der Waals surface area contributed by atoms with Crippen LogP contribution in [-0.4, -0.2) is 36.1 Å². The first kappa shape index (κ1) is 14.3. The van der Waals surface area contributed by atoms with Gasteiger partial charge in [0.2, 0.25) is 0 Å². The molecule has 0 amide bonds. The van der Waals surface area contributed by atoms with E-state index in [4.69, 9.17) is 10.5 Å². The quantitative estimate of drug-likeness (QED) is 0.856. The topological polar surface area (TPSA) is 51.4 Å². The van der Waals surface area contributed by atoms with Crippen LogP contribution in [0, 0.1) is 0 Å². The SMILES string of the molecule is CC[C@H](N)c1ccc(OCCN2CCCCC2)cn1. The van der Waals surface area contributed by atoms with Crippen LogP contribution in [0.4, 0.5) is 0 Å². The van der Waals surface area contributed by atoms with Crippen molar-refractivity contribution in [1.82, 2.24) is 9.88 Å². The molecule has 1 aromatic rings. The predicted molar refractivity (Wildman–Crippen MR) is 77.2 cm³/mol. The van der Waals surface area contributed by atoms with E-state index in [1.54, 1.807) is 6.20 Å². The van der Waals surface area contributed by atoms with Crippen molar-refractivity contribution in [1.29, 1.82) is 0 Å². The smallest absolute Gasteiger partial charge is 0.137 e. The van der Waals surface area contributed by atoms with Gasteiger partial charge in [0.05, 0.1) is 11.9 Å². The van der Waals surface area contributed by atoms with Crippen molar-refractivity contribution in [3.63, 3.8) is 0 Å². The number of hydrogen-bond donors (Lipinski definition) is 1. The Balaban J connectivity index is 1.73. The third kappa shape index (κ3) is 4.48. The molecule has 1 atom stereocenters. The first-order chi connectivity index (χ1) is 9.29. The minimum atomic E-state index is 0.0300. The zero-order chi connectivity index (χ0) is 13.5. The summed E-state index contributed by atoms with van der Waals surface area (Å²) in [4.78, 5) is 6.82. The number of likely N-dealkylation sites (tertiary alicyclic amines) is 1. The van der Waals surface area contributed by atoms with Crippen molar-refractivity contribution in [2.75, 3.05) is 26.2 Å². The molecule has 4 nitrogen and oxygen atoms in total. The summed E-state index contributed by atoms with van der Waals surface area (Å²) < 4.78 is 5.73. The summed E-state index contributed by atoms with van der Waals surface area (Å²) in [5.41, 5.74) is 6.87. The normalized spacial score (nSPS) is 18.2. The second kappa shape index (κ2) is 7.46. The maximum atomic E-state index is 5.93. The molecule has 0 spiro atoms. The van der Waals surface area contributed by atoms with Gasteiger partial charge in [0.15, 0.2) is 0 Å². The van der Waals surface area contributed by atoms with Gasteiger partial charge in [-0.1, -0.05) is 13.3 Å². The maximum Gasteiger partial charge on any atom is 0.137 e. The van der Waals surface area contributed by atoms with E-state index in [1.807, 2.05) is 12.1 Å². The Morgan fingerprint density at radius 2 is 2.11 bits per heavy atom. The molecule has 19 heavy (non-hydrogen) atoms. The minimum Gasteiger partial charge on any atom is -0.491 e. The zero-order valence-corrected chi connectivity index (χ0v) is 11.8. The summed E-state index contributed by atoms with van der Waals surface area (Å²) in [6.45, 7) is 6.24. The Hall–Kier alpha value is -1.13. The monoisotopic (exact) mass is 263 g/mol. The molecule has 2 N–H and O–H groups in total. The molecule has 2 rings (SSSR count). The highest BCUT2D eigenvalue weighted by Crippen LogP contribution is 2.15. The number of nitrogens with two attached hydrogens (primary N) is 1. The van der Waals surface area contributed by atoms with Crippen LogP contribution >= 0.6 is 0 Å². The molecule has 1 aliphatic heterocycles. The Kier molecular flexibility index (Phi) is 5.61. The molecule has 1 aromatic heterocycles. The van der Waals surface area contributed by atoms with E-state index in [0.29, 0.717) is 0 Å². The van der Waals surface area contributed by atoms with Gasteiger partial charge in [0, 0.05) is 12.6 Å². The third-order valence-electron chi connectivity index (χ3n) is 3.70. The molecule has 0 aromatic carbocycles. The first-order valence-electron chi connectivity index (χ1n) is 7.36. The summed E-state index contributed by atoms with van der Waals surface area (Å²) in [6.07, 6.45) is 6.71. The number of piperidine rings is 1. The molecule has 0 saturated carbocycles. The van der Waals surface area contributed by atoms with E-state index in [2.05, 4.69) is 16.8 Å². The van der Waals surface area contributed by atoms with Crippen molar-refractivity contribution in [3.05, 3.63) is 24.0 Å². The van der Waals surface area contributed by atoms with E-state index in [-0.39, 0.29) is 6.04 Å². The minimum absolute atomic E-state index is 0.0300. The summed E-state index contributed by atoms with van der Waals surface area (Å²) in [5.74, 6) is 0.837. The molecular weight excluding hydrogens is 238 g/mol. The van der Waals surface area contributed by atoms with Crippen LogP contribution in [-0.2, 0) is 0 Å². The molecule has 4 heteroatoms. The Bertz CT molecular complexity index is 360. The number of ether oxygens (including phenoxy) is 1. The van der Waals surface area contributed by atoms with Gasteiger partial charge in [0.1, 0.15) is 12.4 Å². The van der Waals surface area contributed by atoms with Gasteiger partial charge in [-0.2, -0.15) is 0 Å². The highest BCUT2D eigenvalue weighted by atomic mass is 16.5. The molecule has 1 saturated heterocycles. The molecule has 0 unspecified atom stereocenters. The van der Waals surface area contributed by atoms with Gasteiger partial charge in [-0.3, -0.25) is 9.88 Å². The average molecular weight is 263 g/mol. The van der Waals surface area contributed by atoms with Gasteiger partial charge in [-0.25, -0.2) is 0 Å². The molecule has 1 aliphatic rings. The van der Waals surface area contributed by atoms with E-state index < -0.39 is 0 Å². The van der Waals surface area contributed by atoms with Crippen LogP contribution in [0.1, 0.15) is 44.3 Å². The largest absolute Gasteiger partial charge is 0.491 e. The van der Waals surface area contributed by atoms with E-state index in [0.717, 1.165) is 31.0 Å². The molecule has 0 radical (unpaired) electrons. The number of aromatic nitrogens is 1. The van der Waals surface area contributed by atoms with Crippen molar-refractivity contribution >= 4 is 0 Å². The highest BCUT2D eigenvalue weighted by Gasteiger charge is 2.09. The lowest BCUT2D eigenvalue weighted by atomic mass is 10.1. The van der Waals surface area contributed by atoms with Gasteiger partial charge in [-0.05, 0) is 44.5 Å². The fourth-order valence-corrected chi connectivity index (χ4v) is 2.38. The molecule has 0 aliphatic carbocycles. The fourth-order valence-electron chi connectivity index (χ4n) is 2.38. The van der Waals surface area contributed by atoms with Crippen molar-refractivity contribution < 1.29 is 4.74 Å². The highest BCUT2D eigenvalue weighted by molar-refractivity contribution is 5.21. The van der Waals surface area contributed by atoms with Crippen molar-refractivity contribution in [2.45, 2.75) is 38.6 Å². The van der Waals surface area contributed by atoms with Crippen molar-refractivity contribution in [3.8, 4) is 5.75 Å². The Morgan fingerprint density at radius 1 is 1.32 bits per heavy atom. The Morgan fingerprint density at radius 3 is 2.74 bits per heavy atom. The number of pyridine rings is 1. The van der Waals surface area contributed by atoms with Crippen LogP contribution in [0.3, 0.4) is 0 Å². The lowest BCUT2D eigenvalue weighted by Crippen LogP contribution is -2.33. The van der Waals surface area contributed by atoms with Crippen LogP contribution in [0.2, 0.25) is 0 Å². The van der Waals surface area contributed by atoms with Crippen LogP contribution in [0.25, 0.3) is 0 Å². The maximum absolute atomic E-state index is 5.93. The lowest BCUT2D eigenvalue weighted by Gasteiger charge is -2.26. The average Bonchev–Trinajstić information content (AvgIpc) is 2.48. The van der Waals surface area contributed by atoms with E-state index >= 15 is 0 Å². The van der Waals surface area contributed by atoms with Gasteiger partial charge in [-0.15, -0.1) is 0 Å². The second-order valence-electron chi connectivity index (χ2n) is 5.18. The van der Waals surface area contributed by atoms with Crippen LogP contribution in [0.15, 0.2) is 18.3 Å². The zero-order valence-electron chi connectivity index (χ0n) is 11.8. The first-order valence-corrected chi connectivity index (χ1v) is 7.36. The summed E-state index contributed by atoms with van der Waals surface area (Å²) in [6, 6.07) is 3.96. The number of rotatable bonds is 6. The van der Waals surface area contributed by atoms with E-state index in [1.165, 1.54) is 32.4 Å².